The first kappa shape index (κ1) is 19.0. The van der Waals surface area contributed by atoms with Crippen LogP contribution in [0, 0.1) is 5.92 Å². The minimum Gasteiger partial charge on any atom is -0.342 e. The average Bonchev–Trinajstić information content (AvgIpc) is 2.75. The van der Waals surface area contributed by atoms with Gasteiger partial charge in [0.05, 0.1) is 10.8 Å². The minimum absolute atomic E-state index is 0.0866. The first-order valence-corrected chi connectivity index (χ1v) is 10.9. The molecule has 0 saturated carbocycles. The minimum atomic E-state index is -0.0866. The fourth-order valence-corrected chi connectivity index (χ4v) is 5.05. The Kier molecular flexibility index (Phi) is 5.96. The third-order valence-corrected chi connectivity index (χ3v) is 6.72. The maximum atomic E-state index is 13.0. The van der Waals surface area contributed by atoms with Gasteiger partial charge in [-0.1, -0.05) is 48.5 Å². The molecule has 1 fully saturated rings. The van der Waals surface area contributed by atoms with Crippen LogP contribution in [0.5, 0.6) is 0 Å². The smallest absolute Gasteiger partial charge is 0.235 e. The number of fused-ring (bicyclic) bond motifs is 1. The Bertz CT molecular complexity index is 930. The number of rotatable bonds is 5. The molecule has 2 aromatic carbocycles. The Balaban J connectivity index is 1.34. The zero-order chi connectivity index (χ0) is 19.3. The number of nitrogens with zero attached hydrogens (tertiary/aromatic N) is 2. The molecule has 1 aliphatic heterocycles. The van der Waals surface area contributed by atoms with Gasteiger partial charge in [-0.25, -0.2) is 0 Å². The lowest BCUT2D eigenvalue weighted by Gasteiger charge is -2.33. The number of aromatic nitrogens is 1. The van der Waals surface area contributed by atoms with Crippen molar-refractivity contribution >= 4 is 28.6 Å². The molecule has 4 rings (SSSR count). The number of pyridine rings is 1. The molecule has 0 N–H and O–H groups in total. The summed E-state index contributed by atoms with van der Waals surface area (Å²) in [6.45, 7) is 3.77. The second-order valence-electron chi connectivity index (χ2n) is 7.54. The first-order valence-electron chi connectivity index (χ1n) is 10.0. The molecule has 0 aliphatic carbocycles. The van der Waals surface area contributed by atoms with E-state index in [1.807, 2.05) is 37.4 Å². The molecule has 4 heteroatoms. The Labute approximate surface area is 171 Å². The number of benzene rings is 2. The fraction of sp³-hybridized carbons (Fsp3) is 0.333. The molecule has 0 spiro atoms. The highest BCUT2D eigenvalue weighted by Crippen LogP contribution is 2.31. The zero-order valence-electron chi connectivity index (χ0n) is 16.3. The summed E-state index contributed by atoms with van der Waals surface area (Å²) in [5.41, 5.74) is 2.38. The van der Waals surface area contributed by atoms with Crippen molar-refractivity contribution in [1.29, 1.82) is 0 Å². The molecule has 28 heavy (non-hydrogen) atoms. The van der Waals surface area contributed by atoms with Crippen molar-refractivity contribution in [2.24, 2.45) is 5.92 Å². The van der Waals surface area contributed by atoms with Crippen molar-refractivity contribution in [3.63, 3.8) is 0 Å². The molecule has 1 aromatic heterocycles. The van der Waals surface area contributed by atoms with E-state index in [0.29, 0.717) is 5.92 Å². The molecule has 1 unspecified atom stereocenters. The summed E-state index contributed by atoms with van der Waals surface area (Å²) < 4.78 is 0. The molecule has 0 bridgehead atoms. The standard InChI is InChI=1S/C24H26N2OS/c1-18(28-23-11-14-25-22-10-6-5-9-21(22)23)24(27)26-15-12-20(13-16-26)17-19-7-3-2-4-8-19/h2-11,14,18,20H,12-13,15-17H2,1H3. The van der Waals surface area contributed by atoms with Crippen molar-refractivity contribution < 1.29 is 4.79 Å². The van der Waals surface area contributed by atoms with Gasteiger partial charge < -0.3 is 4.90 Å². The number of hydrogen-bond donors (Lipinski definition) is 0. The molecular weight excluding hydrogens is 364 g/mol. The van der Waals surface area contributed by atoms with Gasteiger partial charge >= 0.3 is 0 Å². The lowest BCUT2D eigenvalue weighted by molar-refractivity contribution is -0.131. The van der Waals surface area contributed by atoms with Crippen LogP contribution in [-0.2, 0) is 11.2 Å². The second-order valence-corrected chi connectivity index (χ2v) is 8.93. The van der Waals surface area contributed by atoms with Crippen LogP contribution in [0.15, 0.2) is 71.8 Å². The molecule has 144 valence electrons. The number of likely N-dealkylation sites (tertiary alicyclic amines) is 1. The number of amides is 1. The Morgan fingerprint density at radius 2 is 1.79 bits per heavy atom. The van der Waals surface area contributed by atoms with Crippen molar-refractivity contribution in [3.8, 4) is 0 Å². The number of carbonyl (C=O) groups excluding carboxylic acids is 1. The van der Waals surface area contributed by atoms with Crippen LogP contribution < -0.4 is 0 Å². The number of para-hydroxylation sites is 1. The van der Waals surface area contributed by atoms with Gasteiger partial charge in [-0.05, 0) is 49.8 Å². The largest absolute Gasteiger partial charge is 0.342 e. The number of carbonyl (C=O) groups is 1. The summed E-state index contributed by atoms with van der Waals surface area (Å²) in [6, 6.07) is 20.8. The maximum Gasteiger partial charge on any atom is 0.235 e. The molecule has 1 atom stereocenters. The van der Waals surface area contributed by atoms with Crippen LogP contribution in [0.1, 0.15) is 25.3 Å². The van der Waals surface area contributed by atoms with E-state index in [-0.39, 0.29) is 11.2 Å². The Morgan fingerprint density at radius 1 is 1.07 bits per heavy atom. The van der Waals surface area contributed by atoms with E-state index >= 15 is 0 Å². The predicted molar refractivity (Wildman–Crippen MR) is 117 cm³/mol. The highest BCUT2D eigenvalue weighted by molar-refractivity contribution is 8.00. The molecular formula is C24H26N2OS. The quantitative estimate of drug-likeness (QED) is 0.562. The summed E-state index contributed by atoms with van der Waals surface area (Å²) >= 11 is 1.65. The fourth-order valence-electron chi connectivity index (χ4n) is 3.98. The molecule has 3 nitrogen and oxygen atoms in total. The van der Waals surface area contributed by atoms with Crippen LogP contribution in [-0.4, -0.2) is 34.1 Å². The summed E-state index contributed by atoms with van der Waals surface area (Å²) in [4.78, 5) is 20.6. The highest BCUT2D eigenvalue weighted by atomic mass is 32.2. The number of hydrogen-bond acceptors (Lipinski definition) is 3. The SMILES string of the molecule is CC(Sc1ccnc2ccccc12)C(=O)N1CCC(Cc2ccccc2)CC1. The Hall–Kier alpha value is -2.33. The van der Waals surface area contributed by atoms with Gasteiger partial charge in [0.25, 0.3) is 0 Å². The van der Waals surface area contributed by atoms with Gasteiger partial charge in [0.2, 0.25) is 5.91 Å². The van der Waals surface area contributed by atoms with E-state index in [0.717, 1.165) is 48.2 Å². The molecule has 1 amide bonds. The topological polar surface area (TPSA) is 33.2 Å². The summed E-state index contributed by atoms with van der Waals surface area (Å²) in [6.07, 6.45) is 5.14. The van der Waals surface area contributed by atoms with E-state index in [9.17, 15) is 4.79 Å². The van der Waals surface area contributed by atoms with Crippen molar-refractivity contribution in [2.45, 2.75) is 36.3 Å². The van der Waals surface area contributed by atoms with Gasteiger partial charge in [0.1, 0.15) is 0 Å². The molecule has 0 radical (unpaired) electrons. The second kappa shape index (κ2) is 8.78. The summed E-state index contributed by atoms with van der Waals surface area (Å²) in [5.74, 6) is 0.933. The normalized spacial score (nSPS) is 16.2. The van der Waals surface area contributed by atoms with Crippen molar-refractivity contribution in [2.75, 3.05) is 13.1 Å². The summed E-state index contributed by atoms with van der Waals surface area (Å²) in [5, 5.41) is 1.03. The van der Waals surface area contributed by atoms with Crippen LogP contribution >= 0.6 is 11.8 Å². The van der Waals surface area contributed by atoms with E-state index in [4.69, 9.17) is 0 Å². The number of thioether (sulfide) groups is 1. The molecule has 1 aliphatic rings. The summed E-state index contributed by atoms with van der Waals surface area (Å²) in [7, 11) is 0. The van der Waals surface area contributed by atoms with Crippen LogP contribution in [0.3, 0.4) is 0 Å². The lowest BCUT2D eigenvalue weighted by Crippen LogP contribution is -2.42. The third-order valence-electron chi connectivity index (χ3n) is 5.55. The number of piperidine rings is 1. The molecule has 2 heterocycles. The van der Waals surface area contributed by atoms with E-state index in [1.165, 1.54) is 5.56 Å². The van der Waals surface area contributed by atoms with Gasteiger partial charge in [-0.3, -0.25) is 9.78 Å². The molecule has 3 aromatic rings. The van der Waals surface area contributed by atoms with Gasteiger partial charge in [-0.15, -0.1) is 11.8 Å². The van der Waals surface area contributed by atoms with Gasteiger partial charge in [0.15, 0.2) is 0 Å². The predicted octanol–water partition coefficient (Wildman–Crippen LogP) is 5.20. The molecule has 1 saturated heterocycles. The monoisotopic (exact) mass is 390 g/mol. The van der Waals surface area contributed by atoms with Crippen LogP contribution in [0.25, 0.3) is 10.9 Å². The van der Waals surface area contributed by atoms with Crippen molar-refractivity contribution in [1.82, 2.24) is 9.88 Å². The lowest BCUT2D eigenvalue weighted by atomic mass is 9.90. The van der Waals surface area contributed by atoms with Gasteiger partial charge in [-0.2, -0.15) is 0 Å². The van der Waals surface area contributed by atoms with E-state index in [1.54, 1.807) is 11.8 Å². The highest BCUT2D eigenvalue weighted by Gasteiger charge is 2.27. The first-order chi connectivity index (χ1) is 13.7. The average molecular weight is 391 g/mol. The third kappa shape index (κ3) is 4.39. The maximum absolute atomic E-state index is 13.0. The zero-order valence-corrected chi connectivity index (χ0v) is 17.1. The van der Waals surface area contributed by atoms with Crippen LogP contribution in [0.2, 0.25) is 0 Å². The Morgan fingerprint density at radius 3 is 2.57 bits per heavy atom. The van der Waals surface area contributed by atoms with Gasteiger partial charge in [0, 0.05) is 29.6 Å². The van der Waals surface area contributed by atoms with Crippen molar-refractivity contribution in [3.05, 3.63) is 72.4 Å². The van der Waals surface area contributed by atoms with Crippen LogP contribution in [0.4, 0.5) is 0 Å². The van der Waals surface area contributed by atoms with E-state index in [2.05, 4.69) is 46.3 Å². The van der Waals surface area contributed by atoms with E-state index < -0.39 is 0 Å².